The molecule has 1 aliphatic heterocycles. The molecule has 0 atom stereocenters. The summed E-state index contributed by atoms with van der Waals surface area (Å²) in [6, 6.07) is 6.16. The molecule has 2 rings (SSSR count). The summed E-state index contributed by atoms with van der Waals surface area (Å²) in [5.41, 5.74) is 1.99. The van der Waals surface area contributed by atoms with Crippen molar-refractivity contribution in [2.24, 2.45) is 0 Å². The molecular formula is C17H28FN3. The fourth-order valence-electron chi connectivity index (χ4n) is 2.96. The van der Waals surface area contributed by atoms with Crippen LogP contribution in [0.15, 0.2) is 18.2 Å². The molecule has 0 aromatic heterocycles. The van der Waals surface area contributed by atoms with Crippen molar-refractivity contribution < 1.29 is 4.39 Å². The molecule has 0 saturated carbocycles. The van der Waals surface area contributed by atoms with E-state index in [0.717, 1.165) is 43.9 Å². The number of hydrogen-bond donors (Lipinski definition) is 1. The third-order valence-electron chi connectivity index (χ3n) is 4.37. The molecule has 1 aliphatic rings. The second kappa shape index (κ2) is 7.87. The van der Waals surface area contributed by atoms with Crippen molar-refractivity contribution in [3.05, 3.63) is 35.1 Å². The van der Waals surface area contributed by atoms with E-state index in [0.29, 0.717) is 6.04 Å². The SMILES string of the molecule is CCNCc1ccc(F)c(CN2CCC(N(C)C)CC2)c1. The van der Waals surface area contributed by atoms with Crippen LogP contribution in [0.25, 0.3) is 0 Å². The minimum atomic E-state index is -0.0787. The molecule has 1 aromatic carbocycles. The molecule has 21 heavy (non-hydrogen) atoms. The lowest BCUT2D eigenvalue weighted by Gasteiger charge is -2.35. The third-order valence-corrected chi connectivity index (χ3v) is 4.37. The normalized spacial score (nSPS) is 17.6. The molecule has 0 bridgehead atoms. The van der Waals surface area contributed by atoms with E-state index in [2.05, 4.69) is 36.1 Å². The molecule has 0 radical (unpaired) electrons. The number of nitrogens with one attached hydrogen (secondary N) is 1. The van der Waals surface area contributed by atoms with Crippen molar-refractivity contribution in [3.63, 3.8) is 0 Å². The average Bonchev–Trinajstić information content (AvgIpc) is 2.48. The maximum atomic E-state index is 14.0. The first-order valence-corrected chi connectivity index (χ1v) is 7.97. The topological polar surface area (TPSA) is 18.5 Å². The van der Waals surface area contributed by atoms with Crippen molar-refractivity contribution >= 4 is 0 Å². The summed E-state index contributed by atoms with van der Waals surface area (Å²) in [6.07, 6.45) is 2.34. The van der Waals surface area contributed by atoms with E-state index in [4.69, 9.17) is 0 Å². The molecule has 1 N–H and O–H groups in total. The lowest BCUT2D eigenvalue weighted by molar-refractivity contribution is 0.139. The van der Waals surface area contributed by atoms with Crippen molar-refractivity contribution in [3.8, 4) is 0 Å². The van der Waals surface area contributed by atoms with E-state index in [1.54, 1.807) is 6.07 Å². The largest absolute Gasteiger partial charge is 0.313 e. The fraction of sp³-hybridized carbons (Fsp3) is 0.647. The zero-order valence-electron chi connectivity index (χ0n) is 13.5. The number of rotatable bonds is 6. The Morgan fingerprint density at radius 1 is 1.29 bits per heavy atom. The van der Waals surface area contributed by atoms with Gasteiger partial charge in [0, 0.05) is 24.7 Å². The number of piperidine rings is 1. The molecule has 0 spiro atoms. The lowest BCUT2D eigenvalue weighted by atomic mass is 10.0. The van der Waals surface area contributed by atoms with Gasteiger partial charge in [-0.1, -0.05) is 19.1 Å². The molecular weight excluding hydrogens is 265 g/mol. The second-order valence-electron chi connectivity index (χ2n) is 6.18. The van der Waals surface area contributed by atoms with Crippen molar-refractivity contribution in [2.45, 2.75) is 38.9 Å². The summed E-state index contributed by atoms with van der Waals surface area (Å²) in [4.78, 5) is 4.67. The minimum absolute atomic E-state index is 0.0787. The zero-order valence-corrected chi connectivity index (χ0v) is 13.5. The molecule has 1 fully saturated rings. The lowest BCUT2D eigenvalue weighted by Crippen LogP contribution is -2.41. The van der Waals surface area contributed by atoms with Gasteiger partial charge in [0.1, 0.15) is 5.82 Å². The maximum absolute atomic E-state index is 14.0. The molecule has 118 valence electrons. The van der Waals surface area contributed by atoms with Gasteiger partial charge in [0.05, 0.1) is 0 Å². The van der Waals surface area contributed by atoms with Crippen LogP contribution in [0.5, 0.6) is 0 Å². The summed E-state index contributed by atoms with van der Waals surface area (Å²) >= 11 is 0. The molecule has 0 aliphatic carbocycles. The number of benzene rings is 1. The molecule has 1 saturated heterocycles. The summed E-state index contributed by atoms with van der Waals surface area (Å²) in [5.74, 6) is -0.0787. The van der Waals surface area contributed by atoms with Crippen LogP contribution < -0.4 is 5.32 Å². The van der Waals surface area contributed by atoms with Crippen LogP contribution >= 0.6 is 0 Å². The highest BCUT2D eigenvalue weighted by Gasteiger charge is 2.21. The second-order valence-corrected chi connectivity index (χ2v) is 6.18. The molecule has 4 heteroatoms. The Kier molecular flexibility index (Phi) is 6.15. The van der Waals surface area contributed by atoms with Crippen molar-refractivity contribution in [1.82, 2.24) is 15.1 Å². The Morgan fingerprint density at radius 3 is 2.62 bits per heavy atom. The standard InChI is InChI=1S/C17H28FN3/c1-4-19-12-14-5-6-17(18)15(11-14)13-21-9-7-16(8-10-21)20(2)3/h5-6,11,16,19H,4,7-10,12-13H2,1-3H3. The summed E-state index contributed by atoms with van der Waals surface area (Å²) in [5, 5.41) is 3.29. The predicted molar refractivity (Wildman–Crippen MR) is 85.8 cm³/mol. The monoisotopic (exact) mass is 293 g/mol. The van der Waals surface area contributed by atoms with Crippen LogP contribution in [0.2, 0.25) is 0 Å². The van der Waals surface area contributed by atoms with Gasteiger partial charge in [0.15, 0.2) is 0 Å². The van der Waals surface area contributed by atoms with E-state index < -0.39 is 0 Å². The van der Waals surface area contributed by atoms with Gasteiger partial charge in [-0.2, -0.15) is 0 Å². The molecule has 3 nitrogen and oxygen atoms in total. The van der Waals surface area contributed by atoms with Crippen molar-refractivity contribution in [1.29, 1.82) is 0 Å². The van der Waals surface area contributed by atoms with Crippen LogP contribution in [0, 0.1) is 5.82 Å². The Hall–Kier alpha value is -0.970. The molecule has 0 unspecified atom stereocenters. The Bertz CT molecular complexity index is 440. The summed E-state index contributed by atoms with van der Waals surface area (Å²) in [7, 11) is 4.29. The van der Waals surface area contributed by atoms with Gasteiger partial charge < -0.3 is 10.2 Å². The number of likely N-dealkylation sites (tertiary alicyclic amines) is 1. The van der Waals surface area contributed by atoms with Crippen LogP contribution in [0.1, 0.15) is 30.9 Å². The van der Waals surface area contributed by atoms with Gasteiger partial charge in [-0.05, 0) is 58.2 Å². The fourth-order valence-corrected chi connectivity index (χ4v) is 2.96. The van der Waals surface area contributed by atoms with Gasteiger partial charge in [-0.15, -0.1) is 0 Å². The van der Waals surface area contributed by atoms with E-state index in [-0.39, 0.29) is 5.82 Å². The first-order valence-electron chi connectivity index (χ1n) is 7.97. The summed E-state index contributed by atoms with van der Waals surface area (Å²) < 4.78 is 14.0. The van der Waals surface area contributed by atoms with Gasteiger partial charge in [0.25, 0.3) is 0 Å². The Labute approximate surface area is 128 Å². The Balaban J connectivity index is 1.93. The quantitative estimate of drug-likeness (QED) is 0.869. The van der Waals surface area contributed by atoms with E-state index in [1.807, 2.05) is 12.1 Å². The highest BCUT2D eigenvalue weighted by atomic mass is 19.1. The van der Waals surface area contributed by atoms with Crippen LogP contribution in [0.4, 0.5) is 4.39 Å². The molecule has 1 aromatic rings. The molecule has 0 amide bonds. The third kappa shape index (κ3) is 4.77. The number of halogens is 1. The minimum Gasteiger partial charge on any atom is -0.313 e. The predicted octanol–water partition coefficient (Wildman–Crippen LogP) is 2.46. The van der Waals surface area contributed by atoms with Gasteiger partial charge in [-0.3, -0.25) is 4.90 Å². The van der Waals surface area contributed by atoms with Gasteiger partial charge >= 0.3 is 0 Å². The van der Waals surface area contributed by atoms with Crippen LogP contribution in [0.3, 0.4) is 0 Å². The zero-order chi connectivity index (χ0) is 15.2. The Morgan fingerprint density at radius 2 is 2.00 bits per heavy atom. The number of nitrogens with zero attached hydrogens (tertiary/aromatic N) is 2. The highest BCUT2D eigenvalue weighted by Crippen LogP contribution is 2.19. The first kappa shape index (κ1) is 16.4. The van der Waals surface area contributed by atoms with E-state index in [1.165, 1.54) is 12.8 Å². The smallest absolute Gasteiger partial charge is 0.127 e. The molecule has 1 heterocycles. The van der Waals surface area contributed by atoms with Gasteiger partial charge in [-0.25, -0.2) is 4.39 Å². The van der Waals surface area contributed by atoms with E-state index >= 15 is 0 Å². The van der Waals surface area contributed by atoms with Crippen molar-refractivity contribution in [2.75, 3.05) is 33.7 Å². The average molecular weight is 293 g/mol. The maximum Gasteiger partial charge on any atom is 0.127 e. The van der Waals surface area contributed by atoms with Crippen LogP contribution in [-0.2, 0) is 13.1 Å². The van der Waals surface area contributed by atoms with E-state index in [9.17, 15) is 4.39 Å². The van der Waals surface area contributed by atoms with Gasteiger partial charge in [0.2, 0.25) is 0 Å². The number of hydrogen-bond acceptors (Lipinski definition) is 3. The first-order chi connectivity index (χ1) is 10.1. The van der Waals surface area contributed by atoms with Crippen LogP contribution in [-0.4, -0.2) is 49.6 Å². The summed E-state index contributed by atoms with van der Waals surface area (Å²) in [6.45, 7) is 6.67. The highest BCUT2D eigenvalue weighted by molar-refractivity contribution is 5.25.